The molecular weight excluding hydrogens is 242 g/mol. The van der Waals surface area contributed by atoms with Crippen molar-refractivity contribution >= 4 is 10.0 Å². The van der Waals surface area contributed by atoms with Crippen LogP contribution in [0.25, 0.3) is 0 Å². The van der Waals surface area contributed by atoms with E-state index in [0.29, 0.717) is 26.2 Å². The van der Waals surface area contributed by atoms with Crippen LogP contribution in [0.1, 0.15) is 0 Å². The molecule has 7 heteroatoms. The van der Waals surface area contributed by atoms with E-state index in [0.717, 1.165) is 13.1 Å². The molecule has 1 fully saturated rings. The summed E-state index contributed by atoms with van der Waals surface area (Å²) in [6.07, 6.45) is 1.20. The number of likely N-dealkylation sites (N-methyl/N-ethyl adjacent to an activating group) is 1. The smallest absolute Gasteiger partial charge is 0.211 e. The summed E-state index contributed by atoms with van der Waals surface area (Å²) in [5, 5.41) is 3.27. The van der Waals surface area contributed by atoms with Crippen molar-refractivity contribution in [2.24, 2.45) is 0 Å². The van der Waals surface area contributed by atoms with Crippen LogP contribution in [0.4, 0.5) is 0 Å². The van der Waals surface area contributed by atoms with Crippen molar-refractivity contribution in [2.45, 2.75) is 6.10 Å². The molecular formula is C10H23N3O3S. The van der Waals surface area contributed by atoms with Gasteiger partial charge in [0.15, 0.2) is 0 Å². The van der Waals surface area contributed by atoms with Gasteiger partial charge in [0.1, 0.15) is 0 Å². The van der Waals surface area contributed by atoms with Gasteiger partial charge in [-0.25, -0.2) is 8.42 Å². The molecule has 0 amide bonds. The lowest BCUT2D eigenvalue weighted by Gasteiger charge is -2.31. The second-order valence-electron chi connectivity index (χ2n) is 4.62. The topological polar surface area (TPSA) is 61.9 Å². The summed E-state index contributed by atoms with van der Waals surface area (Å²) in [5.41, 5.74) is 0. The second-order valence-corrected chi connectivity index (χ2v) is 6.60. The molecule has 1 rings (SSSR count). The quantitative estimate of drug-likeness (QED) is 0.611. The molecule has 0 saturated carbocycles. The van der Waals surface area contributed by atoms with Crippen LogP contribution in [0.5, 0.6) is 0 Å². The molecule has 1 saturated heterocycles. The zero-order valence-corrected chi connectivity index (χ0v) is 11.7. The van der Waals surface area contributed by atoms with E-state index in [2.05, 4.69) is 10.2 Å². The van der Waals surface area contributed by atoms with Crippen molar-refractivity contribution in [3.05, 3.63) is 0 Å². The van der Waals surface area contributed by atoms with E-state index < -0.39 is 10.0 Å². The third-order valence-electron chi connectivity index (χ3n) is 2.68. The maximum atomic E-state index is 11.4. The van der Waals surface area contributed by atoms with Crippen LogP contribution in [-0.2, 0) is 14.8 Å². The number of ether oxygens (including phenoxy) is 1. The molecule has 1 aliphatic heterocycles. The fourth-order valence-corrected chi connectivity index (χ4v) is 2.53. The summed E-state index contributed by atoms with van der Waals surface area (Å²) in [5.74, 6) is 0. The highest BCUT2D eigenvalue weighted by molar-refractivity contribution is 7.88. The lowest BCUT2D eigenvalue weighted by atomic mass is 10.3. The number of rotatable bonds is 6. The third kappa shape index (κ3) is 5.78. The molecule has 0 aromatic rings. The number of hydrogen-bond acceptors (Lipinski definition) is 5. The van der Waals surface area contributed by atoms with Gasteiger partial charge in [0.05, 0.1) is 19.0 Å². The molecule has 102 valence electrons. The summed E-state index contributed by atoms with van der Waals surface area (Å²) < 4.78 is 29.8. The van der Waals surface area contributed by atoms with Crippen molar-refractivity contribution in [1.29, 1.82) is 0 Å². The molecule has 1 atom stereocenters. The SMILES string of the molecule is CN(C)CCNCC1CN(S(C)(=O)=O)CCO1. The van der Waals surface area contributed by atoms with Crippen molar-refractivity contribution in [3.63, 3.8) is 0 Å². The van der Waals surface area contributed by atoms with E-state index >= 15 is 0 Å². The Kier molecular flexibility index (Phi) is 5.81. The molecule has 1 N–H and O–H groups in total. The van der Waals surface area contributed by atoms with E-state index in [-0.39, 0.29) is 6.10 Å². The van der Waals surface area contributed by atoms with Crippen molar-refractivity contribution in [3.8, 4) is 0 Å². The molecule has 0 aromatic heterocycles. The van der Waals surface area contributed by atoms with Gasteiger partial charge in [0, 0.05) is 32.7 Å². The minimum Gasteiger partial charge on any atom is -0.374 e. The summed E-state index contributed by atoms with van der Waals surface area (Å²) in [6, 6.07) is 0. The largest absolute Gasteiger partial charge is 0.374 e. The van der Waals surface area contributed by atoms with Crippen molar-refractivity contribution in [2.75, 3.05) is 59.7 Å². The first-order valence-corrected chi connectivity index (χ1v) is 7.66. The predicted octanol–water partition coefficient (Wildman–Crippen LogP) is -1.20. The summed E-state index contributed by atoms with van der Waals surface area (Å²) >= 11 is 0. The number of nitrogens with zero attached hydrogens (tertiary/aromatic N) is 2. The van der Waals surface area contributed by atoms with Crippen molar-refractivity contribution < 1.29 is 13.2 Å². The highest BCUT2D eigenvalue weighted by Crippen LogP contribution is 2.08. The van der Waals surface area contributed by atoms with Gasteiger partial charge in [0.25, 0.3) is 0 Å². The first-order valence-electron chi connectivity index (χ1n) is 5.82. The van der Waals surface area contributed by atoms with Crippen molar-refractivity contribution in [1.82, 2.24) is 14.5 Å². The molecule has 17 heavy (non-hydrogen) atoms. The average molecular weight is 265 g/mol. The van der Waals surface area contributed by atoms with Crippen LogP contribution in [0.2, 0.25) is 0 Å². The minimum absolute atomic E-state index is 0.0411. The third-order valence-corrected chi connectivity index (χ3v) is 3.95. The van der Waals surface area contributed by atoms with Gasteiger partial charge < -0.3 is 15.0 Å². The summed E-state index contributed by atoms with van der Waals surface area (Å²) in [4.78, 5) is 2.09. The van der Waals surface area contributed by atoms with Gasteiger partial charge in [-0.2, -0.15) is 4.31 Å². The lowest BCUT2D eigenvalue weighted by Crippen LogP contribution is -2.49. The molecule has 6 nitrogen and oxygen atoms in total. The summed E-state index contributed by atoms with van der Waals surface area (Å²) in [7, 11) is 0.951. The van der Waals surface area contributed by atoms with Gasteiger partial charge in [-0.05, 0) is 14.1 Å². The van der Waals surface area contributed by atoms with Gasteiger partial charge in [-0.3, -0.25) is 0 Å². The molecule has 0 radical (unpaired) electrons. The zero-order chi connectivity index (χ0) is 12.9. The Morgan fingerprint density at radius 2 is 2.18 bits per heavy atom. The van der Waals surface area contributed by atoms with Crippen LogP contribution in [-0.4, -0.2) is 83.4 Å². The standard InChI is InChI=1S/C10H23N3O3S/c1-12(2)5-4-11-8-10-9-13(6-7-16-10)17(3,14)15/h10-11H,4-9H2,1-3H3. The first kappa shape index (κ1) is 14.8. The van der Waals surface area contributed by atoms with E-state index in [9.17, 15) is 8.42 Å². The molecule has 1 heterocycles. The van der Waals surface area contributed by atoms with Crippen LogP contribution >= 0.6 is 0 Å². The van der Waals surface area contributed by atoms with E-state index in [4.69, 9.17) is 4.74 Å². The molecule has 1 unspecified atom stereocenters. The van der Waals surface area contributed by atoms with Gasteiger partial charge in [0.2, 0.25) is 10.0 Å². The Labute approximate surface area is 104 Å². The van der Waals surface area contributed by atoms with E-state index in [1.807, 2.05) is 14.1 Å². The Balaban J connectivity index is 2.26. The monoisotopic (exact) mass is 265 g/mol. The zero-order valence-electron chi connectivity index (χ0n) is 10.8. The molecule has 0 spiro atoms. The van der Waals surface area contributed by atoms with E-state index in [1.54, 1.807) is 0 Å². The van der Waals surface area contributed by atoms with Gasteiger partial charge in [-0.1, -0.05) is 0 Å². The molecule has 1 aliphatic rings. The Morgan fingerprint density at radius 1 is 1.47 bits per heavy atom. The number of hydrogen-bond donors (Lipinski definition) is 1. The van der Waals surface area contributed by atoms with Crippen LogP contribution < -0.4 is 5.32 Å². The van der Waals surface area contributed by atoms with Gasteiger partial charge >= 0.3 is 0 Å². The first-order chi connectivity index (χ1) is 7.89. The van der Waals surface area contributed by atoms with Crippen LogP contribution in [0.3, 0.4) is 0 Å². The Bertz CT molecular complexity index is 319. The normalized spacial score (nSPS) is 23.2. The Morgan fingerprint density at radius 3 is 2.76 bits per heavy atom. The molecule has 0 aromatic carbocycles. The maximum absolute atomic E-state index is 11.4. The number of morpholine rings is 1. The average Bonchev–Trinajstić information content (AvgIpc) is 2.23. The minimum atomic E-state index is -3.09. The van der Waals surface area contributed by atoms with Crippen LogP contribution in [0.15, 0.2) is 0 Å². The molecule has 0 aliphatic carbocycles. The molecule has 0 bridgehead atoms. The summed E-state index contributed by atoms with van der Waals surface area (Å²) in [6.45, 7) is 3.93. The van der Waals surface area contributed by atoms with E-state index in [1.165, 1.54) is 10.6 Å². The fourth-order valence-electron chi connectivity index (χ4n) is 1.68. The fraction of sp³-hybridized carbons (Fsp3) is 1.00. The second kappa shape index (κ2) is 6.65. The highest BCUT2D eigenvalue weighted by atomic mass is 32.2. The maximum Gasteiger partial charge on any atom is 0.211 e. The highest BCUT2D eigenvalue weighted by Gasteiger charge is 2.25. The Hall–Kier alpha value is -0.210. The number of sulfonamides is 1. The van der Waals surface area contributed by atoms with Gasteiger partial charge in [-0.15, -0.1) is 0 Å². The predicted molar refractivity (Wildman–Crippen MR) is 67.6 cm³/mol. The lowest BCUT2D eigenvalue weighted by molar-refractivity contribution is 0.0000233. The number of nitrogens with one attached hydrogen (secondary N) is 1. The van der Waals surface area contributed by atoms with Crippen LogP contribution in [0, 0.1) is 0 Å².